The molecule has 1 fully saturated rings. The van der Waals surface area contributed by atoms with Crippen LogP contribution in [0.25, 0.3) is 0 Å². The molecule has 1 unspecified atom stereocenters. The minimum atomic E-state index is -1.14. The Morgan fingerprint density at radius 2 is 2.00 bits per heavy atom. The van der Waals surface area contributed by atoms with Gasteiger partial charge in [-0.2, -0.15) is 11.8 Å². The molecule has 1 atom stereocenters. The van der Waals surface area contributed by atoms with E-state index >= 15 is 0 Å². The van der Waals surface area contributed by atoms with E-state index in [0.29, 0.717) is 11.8 Å². The zero-order valence-corrected chi connectivity index (χ0v) is 12.1. The van der Waals surface area contributed by atoms with E-state index in [1.165, 1.54) is 6.20 Å². The summed E-state index contributed by atoms with van der Waals surface area (Å²) in [6, 6.07) is 0. The van der Waals surface area contributed by atoms with Crippen LogP contribution in [0.3, 0.4) is 0 Å². The molecule has 2 rings (SSSR count). The molecule has 6 nitrogen and oxygen atoms in total. The zero-order valence-electron chi connectivity index (χ0n) is 11.3. The van der Waals surface area contributed by atoms with Gasteiger partial charge in [-0.05, 0) is 19.1 Å². The summed E-state index contributed by atoms with van der Waals surface area (Å²) < 4.78 is 0. The van der Waals surface area contributed by atoms with Crippen LogP contribution in [0.15, 0.2) is 12.4 Å². The van der Waals surface area contributed by atoms with Crippen molar-refractivity contribution in [2.75, 3.05) is 19.3 Å². The highest BCUT2D eigenvalue weighted by Crippen LogP contribution is 2.21. The van der Waals surface area contributed by atoms with Crippen molar-refractivity contribution in [3.8, 4) is 0 Å². The van der Waals surface area contributed by atoms with Crippen molar-refractivity contribution in [1.82, 2.24) is 14.9 Å². The van der Waals surface area contributed by atoms with Crippen LogP contribution in [-0.2, 0) is 0 Å². The van der Waals surface area contributed by atoms with Gasteiger partial charge in [-0.3, -0.25) is 4.79 Å². The molecule has 0 radical (unpaired) electrons. The van der Waals surface area contributed by atoms with Crippen LogP contribution in [0.1, 0.15) is 40.2 Å². The fraction of sp³-hybridized carbons (Fsp3) is 0.538. The van der Waals surface area contributed by atoms with Gasteiger partial charge in [-0.1, -0.05) is 6.42 Å². The van der Waals surface area contributed by atoms with E-state index in [1.807, 2.05) is 0 Å². The fourth-order valence-electron chi connectivity index (χ4n) is 2.19. The average molecular weight is 295 g/mol. The van der Waals surface area contributed by atoms with Gasteiger partial charge in [0.05, 0.1) is 12.4 Å². The molecule has 1 aromatic heterocycles. The van der Waals surface area contributed by atoms with E-state index in [4.69, 9.17) is 5.11 Å². The zero-order chi connectivity index (χ0) is 14.5. The smallest absolute Gasteiger partial charge is 0.356 e. The van der Waals surface area contributed by atoms with E-state index in [-0.39, 0.29) is 17.3 Å². The number of hydrogen-bond donors (Lipinski definition) is 1. The predicted octanol–water partition coefficient (Wildman–Crippen LogP) is 1.53. The van der Waals surface area contributed by atoms with Crippen molar-refractivity contribution < 1.29 is 14.7 Å². The molecule has 0 spiro atoms. The number of nitrogens with zero attached hydrogens (tertiary/aromatic N) is 3. The van der Waals surface area contributed by atoms with Gasteiger partial charge >= 0.3 is 5.97 Å². The Balaban J connectivity index is 2.11. The van der Waals surface area contributed by atoms with Gasteiger partial charge in [-0.15, -0.1) is 0 Å². The largest absolute Gasteiger partial charge is 0.476 e. The number of aromatic nitrogens is 2. The molecule has 2 heterocycles. The third-order valence-electron chi connectivity index (χ3n) is 3.34. The summed E-state index contributed by atoms with van der Waals surface area (Å²) in [5, 5.41) is 9.22. The highest BCUT2D eigenvalue weighted by molar-refractivity contribution is 7.99. The maximum absolute atomic E-state index is 12.4. The topological polar surface area (TPSA) is 83.4 Å². The first-order chi connectivity index (χ1) is 9.61. The molecule has 1 N–H and O–H groups in total. The van der Waals surface area contributed by atoms with Crippen LogP contribution in [0.4, 0.5) is 0 Å². The molecule has 108 valence electrons. The highest BCUT2D eigenvalue weighted by Gasteiger charge is 2.23. The molecule has 0 aromatic carbocycles. The van der Waals surface area contributed by atoms with E-state index in [2.05, 4.69) is 16.2 Å². The van der Waals surface area contributed by atoms with E-state index < -0.39 is 5.97 Å². The van der Waals surface area contributed by atoms with Gasteiger partial charge < -0.3 is 10.0 Å². The fourth-order valence-corrected chi connectivity index (χ4v) is 2.92. The second kappa shape index (κ2) is 6.69. The summed E-state index contributed by atoms with van der Waals surface area (Å²) in [4.78, 5) is 32.5. The lowest BCUT2D eigenvalue weighted by atomic mass is 10.2. The summed E-state index contributed by atoms with van der Waals surface area (Å²) in [6.45, 7) is 1.43. The Bertz CT molecular complexity index is 492. The lowest BCUT2D eigenvalue weighted by molar-refractivity contribution is 0.0686. The normalized spacial score (nSPS) is 19.4. The van der Waals surface area contributed by atoms with E-state index in [9.17, 15) is 9.59 Å². The quantitative estimate of drug-likeness (QED) is 0.910. The Kier molecular flexibility index (Phi) is 4.94. The van der Waals surface area contributed by atoms with Gasteiger partial charge in [0, 0.05) is 18.3 Å². The van der Waals surface area contributed by atoms with Gasteiger partial charge in [0.25, 0.3) is 5.91 Å². The van der Waals surface area contributed by atoms with Crippen molar-refractivity contribution in [1.29, 1.82) is 0 Å². The van der Waals surface area contributed by atoms with E-state index in [0.717, 1.165) is 32.0 Å². The second-order valence-corrected chi connectivity index (χ2v) is 5.83. The van der Waals surface area contributed by atoms with Crippen LogP contribution in [0.5, 0.6) is 0 Å². The van der Waals surface area contributed by atoms with Crippen molar-refractivity contribution in [3.05, 3.63) is 23.8 Å². The van der Waals surface area contributed by atoms with Crippen LogP contribution < -0.4 is 0 Å². The van der Waals surface area contributed by atoms with Gasteiger partial charge in [-0.25, -0.2) is 14.8 Å². The number of carbonyl (C=O) groups excluding carboxylic acids is 1. The maximum atomic E-state index is 12.4. The molecule has 0 bridgehead atoms. The van der Waals surface area contributed by atoms with Gasteiger partial charge in [0.2, 0.25) is 0 Å². The van der Waals surface area contributed by atoms with Crippen LogP contribution >= 0.6 is 11.8 Å². The Hall–Kier alpha value is -1.63. The van der Waals surface area contributed by atoms with Crippen molar-refractivity contribution in [2.24, 2.45) is 0 Å². The van der Waals surface area contributed by atoms with Crippen LogP contribution in [0.2, 0.25) is 0 Å². The number of carbonyl (C=O) groups is 2. The molecular weight excluding hydrogens is 278 g/mol. The van der Waals surface area contributed by atoms with Gasteiger partial charge in [0.15, 0.2) is 5.69 Å². The molecule has 0 aliphatic carbocycles. The molecule has 1 aliphatic heterocycles. The second-order valence-electron chi connectivity index (χ2n) is 4.70. The predicted molar refractivity (Wildman–Crippen MR) is 76.0 cm³/mol. The number of amides is 1. The minimum Gasteiger partial charge on any atom is -0.476 e. The SMILES string of the molecule is CSC1CCCCN(C(=O)c2cnc(C(=O)O)cn2)C1. The average Bonchev–Trinajstić information content (AvgIpc) is 2.72. The van der Waals surface area contributed by atoms with Crippen molar-refractivity contribution in [3.63, 3.8) is 0 Å². The maximum Gasteiger partial charge on any atom is 0.356 e. The third-order valence-corrected chi connectivity index (χ3v) is 4.39. The standard InChI is InChI=1S/C13H17N3O3S/c1-20-9-4-2-3-5-16(8-9)12(17)10-6-15-11(7-14-10)13(18)19/h6-7,9H,2-5,8H2,1H3,(H,18,19). The molecular formula is C13H17N3O3S. The minimum absolute atomic E-state index is 0.153. The Labute approximate surface area is 121 Å². The number of carboxylic acids is 1. The lowest BCUT2D eigenvalue weighted by Gasteiger charge is -2.23. The molecule has 1 aliphatic rings. The molecule has 0 saturated carbocycles. The number of hydrogen-bond acceptors (Lipinski definition) is 5. The summed E-state index contributed by atoms with van der Waals surface area (Å²) in [6.07, 6.45) is 7.65. The molecule has 20 heavy (non-hydrogen) atoms. The number of likely N-dealkylation sites (tertiary alicyclic amines) is 1. The van der Waals surface area contributed by atoms with Crippen molar-refractivity contribution >= 4 is 23.6 Å². The first-order valence-corrected chi connectivity index (χ1v) is 7.78. The Morgan fingerprint density at radius 1 is 1.30 bits per heavy atom. The van der Waals surface area contributed by atoms with Crippen LogP contribution in [0, 0.1) is 0 Å². The van der Waals surface area contributed by atoms with Gasteiger partial charge in [0.1, 0.15) is 5.69 Å². The van der Waals surface area contributed by atoms with E-state index in [1.54, 1.807) is 16.7 Å². The number of thioether (sulfide) groups is 1. The lowest BCUT2D eigenvalue weighted by Crippen LogP contribution is -2.36. The molecule has 1 aromatic rings. The third kappa shape index (κ3) is 3.47. The molecule has 1 amide bonds. The van der Waals surface area contributed by atoms with Crippen molar-refractivity contribution in [2.45, 2.75) is 24.5 Å². The summed E-state index contributed by atoms with van der Waals surface area (Å²) >= 11 is 1.77. The van der Waals surface area contributed by atoms with Crippen LogP contribution in [-0.4, -0.2) is 56.4 Å². The Morgan fingerprint density at radius 3 is 2.60 bits per heavy atom. The first kappa shape index (κ1) is 14.8. The highest BCUT2D eigenvalue weighted by atomic mass is 32.2. The monoisotopic (exact) mass is 295 g/mol. The first-order valence-electron chi connectivity index (χ1n) is 6.49. The molecule has 7 heteroatoms. The summed E-state index contributed by atoms with van der Waals surface area (Å²) in [7, 11) is 0. The summed E-state index contributed by atoms with van der Waals surface area (Å²) in [5.41, 5.74) is 0.0520. The number of aromatic carboxylic acids is 1. The number of rotatable bonds is 3. The molecule has 1 saturated heterocycles. The summed E-state index contributed by atoms with van der Waals surface area (Å²) in [5.74, 6) is -1.32. The number of carboxylic acid groups (broad SMARTS) is 1.